The number of amidine groups is 2. The summed E-state index contributed by atoms with van der Waals surface area (Å²) in [7, 11) is 0. The van der Waals surface area contributed by atoms with Crippen LogP contribution in [0.3, 0.4) is 0 Å². The minimum atomic E-state index is -0.170. The quantitative estimate of drug-likeness (QED) is 0.277. The minimum Gasteiger partial charge on any atom is -0.423 e. The first kappa shape index (κ1) is 16.8. The largest absolute Gasteiger partial charge is 0.423 e. The lowest BCUT2D eigenvalue weighted by atomic mass is 10.3. The Morgan fingerprint density at radius 1 is 0.690 bits per heavy atom. The number of nitrogen functional groups attached to an aromatic ring is 2. The standard InChI is InChI=1S/C20H16N8O/c21-17(22)19-25-11-5-1-3-7-13(11)27(19)15-9-10-16(29-15)28-14-8-4-2-6-12(14)26-20(28)18(23)24/h1-10H,(H3,21,22)(H3,23,24). The second kappa shape index (κ2) is 6.06. The molecule has 0 bridgehead atoms. The van der Waals surface area contributed by atoms with Crippen LogP contribution in [0, 0.1) is 10.8 Å². The zero-order chi connectivity index (χ0) is 20.1. The second-order valence-electron chi connectivity index (χ2n) is 6.46. The molecule has 5 rings (SSSR count). The van der Waals surface area contributed by atoms with Crippen LogP contribution in [0.15, 0.2) is 65.1 Å². The minimum absolute atomic E-state index is 0.170. The Balaban J connectivity index is 1.75. The van der Waals surface area contributed by atoms with Crippen LogP contribution in [0.1, 0.15) is 11.6 Å². The number of benzene rings is 2. The van der Waals surface area contributed by atoms with Gasteiger partial charge in [-0.1, -0.05) is 24.3 Å². The Kier molecular flexibility index (Phi) is 3.50. The number of aromatic nitrogens is 4. The van der Waals surface area contributed by atoms with Crippen LogP contribution in [0.4, 0.5) is 0 Å². The normalized spacial score (nSPS) is 11.3. The highest BCUT2D eigenvalue weighted by atomic mass is 16.4. The number of furan rings is 1. The van der Waals surface area contributed by atoms with Crippen molar-refractivity contribution >= 4 is 33.7 Å². The first-order valence-corrected chi connectivity index (χ1v) is 8.79. The molecule has 29 heavy (non-hydrogen) atoms. The van der Waals surface area contributed by atoms with Crippen LogP contribution in [-0.4, -0.2) is 30.8 Å². The molecule has 0 aliphatic carbocycles. The zero-order valence-corrected chi connectivity index (χ0v) is 15.1. The van der Waals surface area contributed by atoms with Gasteiger partial charge in [0.25, 0.3) is 0 Å². The van der Waals surface area contributed by atoms with Crippen molar-refractivity contribution in [3.63, 3.8) is 0 Å². The third-order valence-electron chi connectivity index (χ3n) is 4.62. The number of hydrogen-bond acceptors (Lipinski definition) is 5. The number of nitrogens with one attached hydrogen (secondary N) is 2. The summed E-state index contributed by atoms with van der Waals surface area (Å²) < 4.78 is 9.49. The maximum Gasteiger partial charge on any atom is 0.208 e. The predicted molar refractivity (Wildman–Crippen MR) is 110 cm³/mol. The van der Waals surface area contributed by atoms with Crippen LogP contribution in [0.25, 0.3) is 33.8 Å². The molecule has 3 aromatic heterocycles. The molecule has 9 nitrogen and oxygen atoms in total. The Bertz CT molecular complexity index is 1310. The van der Waals surface area contributed by atoms with Crippen molar-refractivity contribution in [3.8, 4) is 11.8 Å². The van der Waals surface area contributed by atoms with E-state index in [0.717, 1.165) is 11.0 Å². The molecule has 0 saturated heterocycles. The number of hydrogen-bond donors (Lipinski definition) is 4. The molecule has 0 fully saturated rings. The maximum absolute atomic E-state index is 7.90. The average Bonchev–Trinajstić information content (AvgIpc) is 3.41. The van der Waals surface area contributed by atoms with Gasteiger partial charge in [-0.15, -0.1) is 0 Å². The molecule has 0 amide bonds. The van der Waals surface area contributed by atoms with E-state index in [0.29, 0.717) is 22.8 Å². The average molecular weight is 384 g/mol. The van der Waals surface area contributed by atoms with Crippen molar-refractivity contribution < 1.29 is 4.42 Å². The first-order chi connectivity index (χ1) is 14.0. The highest BCUT2D eigenvalue weighted by Crippen LogP contribution is 2.27. The number of imidazole rings is 2. The van der Waals surface area contributed by atoms with E-state index in [1.54, 1.807) is 21.3 Å². The molecule has 3 heterocycles. The molecular weight excluding hydrogens is 368 g/mol. The van der Waals surface area contributed by atoms with Gasteiger partial charge in [-0.2, -0.15) is 0 Å². The summed E-state index contributed by atoms with van der Waals surface area (Å²) in [4.78, 5) is 8.87. The molecule has 5 aromatic rings. The summed E-state index contributed by atoms with van der Waals surface area (Å²) in [5, 5.41) is 15.8. The van der Waals surface area contributed by atoms with Crippen LogP contribution < -0.4 is 11.5 Å². The van der Waals surface area contributed by atoms with E-state index in [1.165, 1.54) is 0 Å². The van der Waals surface area contributed by atoms with E-state index in [9.17, 15) is 0 Å². The molecular formula is C20H16N8O. The smallest absolute Gasteiger partial charge is 0.208 e. The monoisotopic (exact) mass is 384 g/mol. The van der Waals surface area contributed by atoms with Crippen LogP contribution in [0.5, 0.6) is 0 Å². The van der Waals surface area contributed by atoms with Gasteiger partial charge < -0.3 is 15.9 Å². The summed E-state index contributed by atoms with van der Waals surface area (Å²) in [6.07, 6.45) is 0. The molecule has 142 valence electrons. The third kappa shape index (κ3) is 2.48. The van der Waals surface area contributed by atoms with E-state index < -0.39 is 0 Å². The van der Waals surface area contributed by atoms with Crippen molar-refractivity contribution in [3.05, 3.63) is 72.3 Å². The molecule has 0 spiro atoms. The SMILES string of the molecule is N=C(N)c1nc2ccccc2n1-c1ccc(-n2c(C(=N)N)nc3ccccc32)o1. The Morgan fingerprint density at radius 2 is 1.10 bits per heavy atom. The van der Waals surface area contributed by atoms with Gasteiger partial charge in [0.1, 0.15) is 0 Å². The number of nitrogens with zero attached hydrogens (tertiary/aromatic N) is 4. The fraction of sp³-hybridized carbons (Fsp3) is 0. The molecule has 0 unspecified atom stereocenters. The highest BCUT2D eigenvalue weighted by molar-refractivity contribution is 5.97. The van der Waals surface area contributed by atoms with E-state index in [2.05, 4.69) is 9.97 Å². The van der Waals surface area contributed by atoms with Crippen molar-refractivity contribution in [1.82, 2.24) is 19.1 Å². The third-order valence-corrected chi connectivity index (χ3v) is 4.62. The topological polar surface area (TPSA) is 149 Å². The van der Waals surface area contributed by atoms with Gasteiger partial charge in [0.05, 0.1) is 22.1 Å². The summed E-state index contributed by atoms with van der Waals surface area (Å²) in [5.41, 5.74) is 14.4. The Hall–Kier alpha value is -4.40. The van der Waals surface area contributed by atoms with Crippen LogP contribution in [-0.2, 0) is 0 Å². The fourth-order valence-electron chi connectivity index (χ4n) is 3.42. The van der Waals surface area contributed by atoms with Crippen molar-refractivity contribution in [1.29, 1.82) is 10.8 Å². The molecule has 0 radical (unpaired) electrons. The number of rotatable bonds is 4. The lowest BCUT2D eigenvalue weighted by Gasteiger charge is -2.06. The van der Waals surface area contributed by atoms with Gasteiger partial charge in [-0.3, -0.25) is 20.0 Å². The van der Waals surface area contributed by atoms with E-state index in [1.807, 2.05) is 48.5 Å². The lowest BCUT2D eigenvalue weighted by Crippen LogP contribution is -2.17. The molecule has 0 aliphatic rings. The summed E-state index contributed by atoms with van der Waals surface area (Å²) >= 11 is 0. The molecule has 6 N–H and O–H groups in total. The molecule has 0 atom stereocenters. The molecule has 0 aliphatic heterocycles. The van der Waals surface area contributed by atoms with E-state index >= 15 is 0 Å². The van der Waals surface area contributed by atoms with E-state index in [-0.39, 0.29) is 23.3 Å². The van der Waals surface area contributed by atoms with Gasteiger partial charge in [0.15, 0.2) is 23.3 Å². The predicted octanol–water partition coefficient (Wildman–Crippen LogP) is 2.53. The zero-order valence-electron chi connectivity index (χ0n) is 15.1. The lowest BCUT2D eigenvalue weighted by molar-refractivity contribution is 0.519. The summed E-state index contributed by atoms with van der Waals surface area (Å²) in [6.45, 7) is 0. The summed E-state index contributed by atoms with van der Waals surface area (Å²) in [6, 6.07) is 18.5. The highest BCUT2D eigenvalue weighted by Gasteiger charge is 2.20. The molecule has 0 saturated carbocycles. The van der Waals surface area contributed by atoms with Crippen LogP contribution in [0.2, 0.25) is 0 Å². The number of nitrogens with two attached hydrogens (primary N) is 2. The summed E-state index contributed by atoms with van der Waals surface area (Å²) in [5.74, 6) is 1.11. The van der Waals surface area contributed by atoms with Crippen molar-refractivity contribution in [2.75, 3.05) is 0 Å². The van der Waals surface area contributed by atoms with Gasteiger partial charge in [-0.25, -0.2) is 9.97 Å². The second-order valence-corrected chi connectivity index (χ2v) is 6.46. The fourth-order valence-corrected chi connectivity index (χ4v) is 3.42. The van der Waals surface area contributed by atoms with Crippen molar-refractivity contribution in [2.45, 2.75) is 0 Å². The van der Waals surface area contributed by atoms with Gasteiger partial charge >= 0.3 is 0 Å². The first-order valence-electron chi connectivity index (χ1n) is 8.79. The number of fused-ring (bicyclic) bond motifs is 2. The number of para-hydroxylation sites is 4. The van der Waals surface area contributed by atoms with Crippen LogP contribution >= 0.6 is 0 Å². The Morgan fingerprint density at radius 3 is 1.52 bits per heavy atom. The van der Waals surface area contributed by atoms with E-state index in [4.69, 9.17) is 26.7 Å². The Labute approximate surface area is 164 Å². The van der Waals surface area contributed by atoms with Gasteiger partial charge in [-0.05, 0) is 24.3 Å². The van der Waals surface area contributed by atoms with Gasteiger partial charge in [0, 0.05) is 12.1 Å². The van der Waals surface area contributed by atoms with Crippen molar-refractivity contribution in [2.24, 2.45) is 11.5 Å². The van der Waals surface area contributed by atoms with Gasteiger partial charge in [0.2, 0.25) is 11.8 Å². The maximum atomic E-state index is 7.90. The molecule has 9 heteroatoms. The molecule has 2 aromatic carbocycles.